The summed E-state index contributed by atoms with van der Waals surface area (Å²) in [5.41, 5.74) is 2.81. The smallest absolute Gasteiger partial charge is 0.269 e. The molecule has 2 saturated carbocycles. The van der Waals surface area contributed by atoms with E-state index in [0.29, 0.717) is 24.2 Å². The standard InChI is InChI=1S/C29H33F2N3O8/c1-11-14-5-4-13(10-34-8-6-12(7-9-34)27(30)31)21(35)16(14)22(36)17-15(11)23(37)19-20(33(2)3)24(38)18(28(32)41)26(40)29(19,42)25(17)39/h4-5,11,15,17-20,23,35,37,42H,6-10H2,1-3H3,(H2,32,41)/t11-,15+,17?,18?,19+,20-,23-,29-/m0/s1. The molecule has 0 aromatic heterocycles. The third-order valence-corrected chi connectivity index (χ3v) is 9.69. The van der Waals surface area contributed by atoms with Crippen molar-refractivity contribution in [1.29, 1.82) is 0 Å². The summed E-state index contributed by atoms with van der Waals surface area (Å²) in [6, 6.07) is 1.76. The number of hydrogen-bond acceptors (Lipinski definition) is 10. The number of primary amides is 1. The Morgan fingerprint density at radius 2 is 1.74 bits per heavy atom. The van der Waals surface area contributed by atoms with E-state index in [1.54, 1.807) is 19.1 Å². The fourth-order valence-electron chi connectivity index (χ4n) is 7.57. The third-order valence-electron chi connectivity index (χ3n) is 9.69. The topological polar surface area (TPSA) is 179 Å². The molecule has 8 atom stereocenters. The van der Waals surface area contributed by atoms with Crippen LogP contribution in [0.2, 0.25) is 0 Å². The molecule has 42 heavy (non-hydrogen) atoms. The minimum absolute atomic E-state index is 0.0793. The van der Waals surface area contributed by atoms with E-state index in [2.05, 4.69) is 0 Å². The average Bonchev–Trinajstić information content (AvgIpc) is 2.92. The number of halogens is 2. The minimum atomic E-state index is -3.06. The van der Waals surface area contributed by atoms with E-state index in [1.807, 2.05) is 4.90 Å². The van der Waals surface area contributed by atoms with E-state index in [9.17, 15) is 48.1 Å². The number of benzene rings is 1. The van der Waals surface area contributed by atoms with Crippen LogP contribution in [0.1, 0.15) is 47.2 Å². The number of likely N-dealkylation sites (tertiary alicyclic amines) is 1. The number of nitrogens with two attached hydrogens (primary N) is 1. The first-order valence-corrected chi connectivity index (χ1v) is 13.8. The third kappa shape index (κ3) is 4.16. The van der Waals surface area contributed by atoms with Crippen LogP contribution in [0.4, 0.5) is 8.78 Å². The molecule has 0 spiro atoms. The van der Waals surface area contributed by atoms with Crippen LogP contribution >= 0.6 is 0 Å². The molecule has 1 heterocycles. The molecular weight excluding hydrogens is 556 g/mol. The highest BCUT2D eigenvalue weighted by Crippen LogP contribution is 2.54. The summed E-state index contributed by atoms with van der Waals surface area (Å²) >= 11 is 0. The lowest BCUT2D eigenvalue weighted by atomic mass is 9.49. The van der Waals surface area contributed by atoms with E-state index < -0.39 is 88.2 Å². The molecule has 5 rings (SSSR count). The van der Waals surface area contributed by atoms with Gasteiger partial charge in [0, 0.05) is 31.1 Å². The lowest BCUT2D eigenvalue weighted by Crippen LogP contribution is -2.77. The summed E-state index contributed by atoms with van der Waals surface area (Å²) in [6.45, 7) is 2.40. The first-order valence-electron chi connectivity index (χ1n) is 13.8. The van der Waals surface area contributed by atoms with Crippen molar-refractivity contribution < 1.29 is 48.1 Å². The molecule has 0 radical (unpaired) electrons. The molecule has 0 bridgehead atoms. The molecule has 5 N–H and O–H groups in total. The predicted molar refractivity (Wildman–Crippen MR) is 141 cm³/mol. The van der Waals surface area contributed by atoms with Gasteiger partial charge in [-0.2, -0.15) is 8.78 Å². The van der Waals surface area contributed by atoms with Crippen LogP contribution in [0.25, 0.3) is 0 Å². The highest BCUT2D eigenvalue weighted by molar-refractivity contribution is 6.32. The van der Waals surface area contributed by atoms with E-state index >= 15 is 0 Å². The van der Waals surface area contributed by atoms with E-state index in [0.717, 1.165) is 0 Å². The zero-order chi connectivity index (χ0) is 31.0. The molecular formula is C29H33F2N3O8. The number of carbonyl (C=O) groups excluding carboxylic acids is 5. The van der Waals surface area contributed by atoms with Crippen LogP contribution in [0.3, 0.4) is 0 Å². The fourth-order valence-corrected chi connectivity index (χ4v) is 7.57. The Balaban J connectivity index is 1.56. The Labute approximate surface area is 239 Å². The second-order valence-electron chi connectivity index (χ2n) is 12.0. The number of rotatable bonds is 4. The molecule has 11 nitrogen and oxygen atoms in total. The lowest BCUT2D eigenvalue weighted by molar-refractivity contribution is -0.196. The van der Waals surface area contributed by atoms with Gasteiger partial charge in [0.2, 0.25) is 5.91 Å². The van der Waals surface area contributed by atoms with E-state index in [1.165, 1.54) is 19.0 Å². The maximum atomic E-state index is 14.0. The number of phenols is 1. The molecule has 13 heteroatoms. The number of carbonyl (C=O) groups is 5. The van der Waals surface area contributed by atoms with Gasteiger partial charge in [-0.25, -0.2) is 0 Å². The summed E-state index contributed by atoms with van der Waals surface area (Å²) in [5.74, 6) is -13.8. The maximum absolute atomic E-state index is 14.0. The van der Waals surface area contributed by atoms with Gasteiger partial charge < -0.3 is 21.1 Å². The van der Waals surface area contributed by atoms with Crippen molar-refractivity contribution in [2.45, 2.75) is 50.0 Å². The number of amides is 1. The Bertz CT molecular complexity index is 1430. The average molecular weight is 590 g/mol. The number of aliphatic hydroxyl groups excluding tert-OH is 1. The van der Waals surface area contributed by atoms with Crippen LogP contribution in [0.5, 0.6) is 5.75 Å². The molecule has 3 aliphatic carbocycles. The van der Waals surface area contributed by atoms with Crippen LogP contribution in [0, 0.1) is 23.7 Å². The van der Waals surface area contributed by atoms with E-state index in [-0.39, 0.29) is 30.5 Å². The molecule has 1 aromatic rings. The number of likely N-dealkylation sites (N-methyl/N-ethyl adjacent to an activating group) is 1. The number of aliphatic hydroxyl groups is 2. The quantitative estimate of drug-likeness (QED) is 0.353. The molecule has 2 unspecified atom stereocenters. The number of piperidine rings is 1. The minimum Gasteiger partial charge on any atom is -0.507 e. The normalized spacial score (nSPS) is 35.1. The number of hydrogen-bond donors (Lipinski definition) is 4. The van der Waals surface area contributed by atoms with Crippen molar-refractivity contribution in [1.82, 2.24) is 9.80 Å². The molecule has 3 fully saturated rings. The van der Waals surface area contributed by atoms with Crippen LogP contribution in [-0.2, 0) is 25.7 Å². The highest BCUT2D eigenvalue weighted by atomic mass is 19.3. The van der Waals surface area contributed by atoms with Gasteiger partial charge in [0.25, 0.3) is 6.08 Å². The number of Topliss-reactive ketones (excluding diaryl/α,β-unsaturated/α-hetero) is 4. The van der Waals surface area contributed by atoms with Gasteiger partial charge in [-0.05, 0) is 44.0 Å². The Kier molecular flexibility index (Phi) is 7.45. The van der Waals surface area contributed by atoms with Gasteiger partial charge in [-0.1, -0.05) is 19.1 Å². The van der Waals surface area contributed by atoms with Crippen molar-refractivity contribution in [3.8, 4) is 5.75 Å². The number of fused-ring (bicyclic) bond motifs is 3. The largest absolute Gasteiger partial charge is 0.507 e. The monoisotopic (exact) mass is 589 g/mol. The van der Waals surface area contributed by atoms with Gasteiger partial charge in [0.05, 0.1) is 29.5 Å². The SMILES string of the molecule is C[C@H]1c2ccc(CN3CCC(=C(F)F)CC3)c(O)c2C(=O)C2C(=O)[C@]3(O)C(=O)C(C(N)=O)C(=O)[C@@H](N(C)C)[C@@H]3[C@@H](O)[C@@H]21. The Morgan fingerprint density at radius 1 is 1.12 bits per heavy atom. The molecule has 1 aliphatic heterocycles. The summed E-state index contributed by atoms with van der Waals surface area (Å²) in [7, 11) is 2.86. The van der Waals surface area contributed by atoms with Gasteiger partial charge in [-0.15, -0.1) is 0 Å². The molecule has 226 valence electrons. The van der Waals surface area contributed by atoms with Crippen molar-refractivity contribution in [3.63, 3.8) is 0 Å². The van der Waals surface area contributed by atoms with Crippen LogP contribution in [-0.4, -0.2) is 99.1 Å². The van der Waals surface area contributed by atoms with Crippen molar-refractivity contribution >= 4 is 29.0 Å². The second kappa shape index (κ2) is 10.4. The Morgan fingerprint density at radius 3 is 2.29 bits per heavy atom. The lowest BCUT2D eigenvalue weighted by Gasteiger charge is -2.56. The number of ketones is 4. The summed E-state index contributed by atoms with van der Waals surface area (Å²) < 4.78 is 25.9. The van der Waals surface area contributed by atoms with Crippen molar-refractivity contribution in [2.24, 2.45) is 29.4 Å². The van der Waals surface area contributed by atoms with E-state index in [4.69, 9.17) is 5.73 Å². The van der Waals surface area contributed by atoms with Gasteiger partial charge >= 0.3 is 0 Å². The number of phenolic OH excluding ortho intramolecular Hbond substituents is 1. The first kappa shape index (κ1) is 30.1. The fraction of sp³-hybridized carbons (Fsp3) is 0.552. The zero-order valence-electron chi connectivity index (χ0n) is 23.3. The summed E-state index contributed by atoms with van der Waals surface area (Å²) in [6.07, 6.45) is -3.07. The summed E-state index contributed by atoms with van der Waals surface area (Å²) in [4.78, 5) is 70.0. The first-order chi connectivity index (χ1) is 19.6. The molecule has 4 aliphatic rings. The predicted octanol–water partition coefficient (Wildman–Crippen LogP) is 0.145. The number of aromatic hydroxyl groups is 1. The molecule has 1 amide bonds. The van der Waals surface area contributed by atoms with Gasteiger partial charge in [0.15, 0.2) is 34.7 Å². The molecule has 1 saturated heterocycles. The van der Waals surface area contributed by atoms with Gasteiger partial charge in [0.1, 0.15) is 5.75 Å². The summed E-state index contributed by atoms with van der Waals surface area (Å²) in [5, 5.41) is 34.6. The molecule has 1 aromatic carbocycles. The highest BCUT2D eigenvalue weighted by Gasteiger charge is 2.72. The maximum Gasteiger partial charge on any atom is 0.269 e. The Hall–Kier alpha value is -3.39. The zero-order valence-corrected chi connectivity index (χ0v) is 23.3. The number of nitrogens with zero attached hydrogens (tertiary/aromatic N) is 2. The van der Waals surface area contributed by atoms with Crippen molar-refractivity contribution in [3.05, 3.63) is 40.5 Å². The van der Waals surface area contributed by atoms with Gasteiger partial charge in [-0.3, -0.25) is 33.8 Å². The van der Waals surface area contributed by atoms with Crippen LogP contribution in [0.15, 0.2) is 23.8 Å². The second-order valence-corrected chi connectivity index (χ2v) is 12.0. The van der Waals surface area contributed by atoms with Crippen LogP contribution < -0.4 is 5.73 Å². The van der Waals surface area contributed by atoms with Crippen molar-refractivity contribution in [2.75, 3.05) is 27.2 Å².